The molecule has 4 rings (SSSR count). The van der Waals surface area contributed by atoms with Crippen LogP contribution >= 0.6 is 11.6 Å². The van der Waals surface area contributed by atoms with E-state index in [1.165, 1.54) is 5.56 Å². The van der Waals surface area contributed by atoms with Gasteiger partial charge in [0.1, 0.15) is 11.5 Å². The maximum atomic E-state index is 12.5. The summed E-state index contributed by atoms with van der Waals surface area (Å²) in [5.74, 6) is 0.209. The molecule has 1 aromatic heterocycles. The van der Waals surface area contributed by atoms with Crippen LogP contribution in [0, 0.1) is 0 Å². The molecule has 31 heavy (non-hydrogen) atoms. The van der Waals surface area contributed by atoms with Crippen LogP contribution in [0.2, 0.25) is 5.02 Å². The van der Waals surface area contributed by atoms with Crippen molar-refractivity contribution in [3.63, 3.8) is 0 Å². The van der Waals surface area contributed by atoms with Crippen molar-refractivity contribution in [2.45, 2.75) is 13.3 Å². The quantitative estimate of drug-likeness (QED) is 0.551. The highest BCUT2D eigenvalue weighted by Gasteiger charge is 2.20. The second kappa shape index (κ2) is 10.1. The summed E-state index contributed by atoms with van der Waals surface area (Å²) >= 11 is 6.01. The number of carbonyl (C=O) groups is 1. The number of morpholine rings is 1. The number of rotatable bonds is 7. The van der Waals surface area contributed by atoms with Gasteiger partial charge >= 0.3 is 5.97 Å². The molecule has 2 aromatic carbocycles. The summed E-state index contributed by atoms with van der Waals surface area (Å²) in [5, 5.41) is 0.630. The number of aromatic nitrogens is 2. The zero-order chi connectivity index (χ0) is 21.6. The first kappa shape index (κ1) is 21.6. The van der Waals surface area contributed by atoms with E-state index in [9.17, 15) is 4.79 Å². The largest absolute Gasteiger partial charge is 0.461 e. The molecule has 3 aromatic rings. The van der Waals surface area contributed by atoms with E-state index >= 15 is 0 Å². The molecule has 0 bridgehead atoms. The summed E-state index contributed by atoms with van der Waals surface area (Å²) in [6.45, 7) is 6.73. The number of esters is 1. The van der Waals surface area contributed by atoms with Gasteiger partial charge in [0.2, 0.25) is 0 Å². The highest BCUT2D eigenvalue weighted by molar-refractivity contribution is 6.30. The third kappa shape index (κ3) is 5.34. The van der Waals surface area contributed by atoms with Crippen molar-refractivity contribution < 1.29 is 14.3 Å². The van der Waals surface area contributed by atoms with Crippen LogP contribution in [0.5, 0.6) is 0 Å². The molecule has 1 aliphatic heterocycles. The lowest BCUT2D eigenvalue weighted by Crippen LogP contribution is -2.37. The van der Waals surface area contributed by atoms with Crippen LogP contribution < -0.4 is 0 Å². The van der Waals surface area contributed by atoms with Crippen molar-refractivity contribution >= 4 is 17.6 Å². The van der Waals surface area contributed by atoms with E-state index in [-0.39, 0.29) is 0 Å². The Morgan fingerprint density at radius 1 is 1.10 bits per heavy atom. The maximum Gasteiger partial charge on any atom is 0.357 e. The molecule has 0 radical (unpaired) electrons. The fourth-order valence-corrected chi connectivity index (χ4v) is 3.74. The molecule has 1 saturated heterocycles. The Labute approximate surface area is 187 Å². The van der Waals surface area contributed by atoms with E-state index in [1.54, 1.807) is 19.1 Å². The Balaban J connectivity index is 1.54. The van der Waals surface area contributed by atoms with Crippen LogP contribution in [0.1, 0.15) is 23.0 Å². The normalized spacial score (nSPS) is 14.5. The minimum atomic E-state index is -0.423. The molecule has 0 aliphatic carbocycles. The topological polar surface area (TPSA) is 67.5 Å². The van der Waals surface area contributed by atoms with E-state index in [0.717, 1.165) is 50.4 Å². The number of H-pyrrole nitrogens is 1. The molecule has 1 aliphatic rings. The number of aromatic amines is 1. The predicted octanol–water partition coefficient (Wildman–Crippen LogP) is 4.45. The number of benzene rings is 2. The van der Waals surface area contributed by atoms with Gasteiger partial charge in [-0.1, -0.05) is 48.0 Å². The summed E-state index contributed by atoms with van der Waals surface area (Å²) in [6.07, 6.45) is 0.989. The molecule has 0 amide bonds. The Hall–Kier alpha value is -2.67. The summed E-state index contributed by atoms with van der Waals surface area (Å²) in [7, 11) is 0. The highest BCUT2D eigenvalue weighted by atomic mass is 35.5. The van der Waals surface area contributed by atoms with E-state index in [2.05, 4.69) is 22.0 Å². The zero-order valence-electron chi connectivity index (χ0n) is 17.6. The fourth-order valence-electron chi connectivity index (χ4n) is 3.62. The molecule has 162 valence electrons. The van der Waals surface area contributed by atoms with Gasteiger partial charge < -0.3 is 14.5 Å². The van der Waals surface area contributed by atoms with Gasteiger partial charge in [0.15, 0.2) is 5.69 Å². The standard InChI is InChI=1S/C24H26ClN3O3/c1-2-31-24(29)22-21(18-7-9-20(25)10-8-18)26-23(27-22)19-5-3-17(4-6-19)11-12-28-13-15-30-16-14-28/h3-10H,2,11-16H2,1H3,(H,26,27). The third-order valence-electron chi connectivity index (χ3n) is 5.35. The Bertz CT molecular complexity index is 1010. The third-order valence-corrected chi connectivity index (χ3v) is 5.60. The van der Waals surface area contributed by atoms with Crippen molar-refractivity contribution in [1.29, 1.82) is 0 Å². The number of ether oxygens (including phenoxy) is 2. The minimum absolute atomic E-state index is 0.297. The van der Waals surface area contributed by atoms with E-state index in [4.69, 9.17) is 26.1 Å². The molecule has 1 N–H and O–H groups in total. The van der Waals surface area contributed by atoms with Gasteiger partial charge in [-0.3, -0.25) is 4.90 Å². The smallest absolute Gasteiger partial charge is 0.357 e. The second-order valence-electron chi connectivity index (χ2n) is 7.44. The van der Waals surface area contributed by atoms with Crippen molar-refractivity contribution in [3.05, 3.63) is 64.8 Å². The average molecular weight is 440 g/mol. The molecule has 1 fully saturated rings. The van der Waals surface area contributed by atoms with Crippen molar-refractivity contribution in [2.24, 2.45) is 0 Å². The summed E-state index contributed by atoms with van der Waals surface area (Å²) in [5.41, 5.74) is 3.89. The Morgan fingerprint density at radius 3 is 2.45 bits per heavy atom. The lowest BCUT2D eigenvalue weighted by atomic mass is 10.1. The second-order valence-corrected chi connectivity index (χ2v) is 7.87. The van der Waals surface area contributed by atoms with Gasteiger partial charge in [-0.25, -0.2) is 9.78 Å². The van der Waals surface area contributed by atoms with Crippen LogP contribution in [-0.2, 0) is 15.9 Å². The van der Waals surface area contributed by atoms with Gasteiger partial charge in [0.05, 0.1) is 19.8 Å². The van der Waals surface area contributed by atoms with E-state index in [1.807, 2.05) is 24.3 Å². The van der Waals surface area contributed by atoms with Gasteiger partial charge in [-0.15, -0.1) is 0 Å². The lowest BCUT2D eigenvalue weighted by molar-refractivity contribution is 0.0384. The van der Waals surface area contributed by atoms with Crippen LogP contribution in [0.4, 0.5) is 0 Å². The number of nitrogens with zero attached hydrogens (tertiary/aromatic N) is 2. The summed E-state index contributed by atoms with van der Waals surface area (Å²) < 4.78 is 10.6. The molecule has 6 nitrogen and oxygen atoms in total. The van der Waals surface area contributed by atoms with Crippen LogP contribution in [0.15, 0.2) is 48.5 Å². The van der Waals surface area contributed by atoms with Crippen molar-refractivity contribution in [2.75, 3.05) is 39.5 Å². The first-order valence-corrected chi connectivity index (χ1v) is 10.9. The number of imidazole rings is 1. The number of nitrogens with one attached hydrogen (secondary N) is 1. The van der Waals surface area contributed by atoms with E-state index < -0.39 is 5.97 Å². The Kier molecular flexibility index (Phi) is 7.02. The van der Waals surface area contributed by atoms with Gasteiger partial charge in [0, 0.05) is 35.8 Å². The number of hydrogen-bond donors (Lipinski definition) is 1. The van der Waals surface area contributed by atoms with Crippen LogP contribution in [-0.4, -0.2) is 60.3 Å². The molecule has 0 saturated carbocycles. The maximum absolute atomic E-state index is 12.5. The van der Waals surface area contributed by atoms with Gasteiger partial charge in [0.25, 0.3) is 0 Å². The SMILES string of the molecule is CCOC(=O)c1[nH]c(-c2ccc(CCN3CCOCC3)cc2)nc1-c1ccc(Cl)cc1. The zero-order valence-corrected chi connectivity index (χ0v) is 18.3. The number of carbonyl (C=O) groups excluding carboxylic acids is 1. The summed E-state index contributed by atoms with van der Waals surface area (Å²) in [6, 6.07) is 15.6. The van der Waals surface area contributed by atoms with Crippen LogP contribution in [0.3, 0.4) is 0 Å². The van der Waals surface area contributed by atoms with Crippen molar-refractivity contribution in [3.8, 4) is 22.6 Å². The minimum Gasteiger partial charge on any atom is -0.461 e. The molecule has 0 unspecified atom stereocenters. The number of halogens is 1. The Morgan fingerprint density at radius 2 is 1.77 bits per heavy atom. The van der Waals surface area contributed by atoms with E-state index in [0.29, 0.717) is 28.8 Å². The predicted molar refractivity (Wildman–Crippen MR) is 121 cm³/mol. The lowest BCUT2D eigenvalue weighted by Gasteiger charge is -2.26. The molecule has 0 spiro atoms. The van der Waals surface area contributed by atoms with Gasteiger partial charge in [-0.05, 0) is 31.0 Å². The van der Waals surface area contributed by atoms with Crippen molar-refractivity contribution in [1.82, 2.24) is 14.9 Å². The number of hydrogen-bond acceptors (Lipinski definition) is 5. The monoisotopic (exact) mass is 439 g/mol. The molecule has 0 atom stereocenters. The average Bonchev–Trinajstić information content (AvgIpc) is 3.25. The van der Waals surface area contributed by atoms with Gasteiger partial charge in [-0.2, -0.15) is 0 Å². The summed E-state index contributed by atoms with van der Waals surface area (Å²) in [4.78, 5) is 22.8. The molecular formula is C24H26ClN3O3. The first-order valence-electron chi connectivity index (χ1n) is 10.6. The molecular weight excluding hydrogens is 414 g/mol. The first-order chi connectivity index (χ1) is 15.1. The van der Waals surface area contributed by atoms with Crippen LogP contribution in [0.25, 0.3) is 22.6 Å². The highest BCUT2D eigenvalue weighted by Crippen LogP contribution is 2.28. The molecule has 7 heteroatoms. The molecule has 2 heterocycles. The fraction of sp³-hybridized carbons (Fsp3) is 0.333.